The van der Waals surface area contributed by atoms with Crippen molar-refractivity contribution in [1.29, 1.82) is 0 Å². The summed E-state index contributed by atoms with van der Waals surface area (Å²) in [7, 11) is -3.51. The quantitative estimate of drug-likeness (QED) is 0.928. The Labute approximate surface area is 123 Å². The first-order valence-electron chi connectivity index (χ1n) is 7.21. The van der Waals surface area contributed by atoms with Crippen molar-refractivity contribution in [1.82, 2.24) is 9.29 Å². The van der Waals surface area contributed by atoms with Gasteiger partial charge in [-0.05, 0) is 38.5 Å². The van der Waals surface area contributed by atoms with Gasteiger partial charge in [0.25, 0.3) is 10.0 Å². The lowest BCUT2D eigenvalue weighted by molar-refractivity contribution is 0.288. The molecule has 0 bridgehead atoms. The van der Waals surface area contributed by atoms with Gasteiger partial charge >= 0.3 is 4.87 Å². The summed E-state index contributed by atoms with van der Waals surface area (Å²) < 4.78 is 27.5. The summed E-state index contributed by atoms with van der Waals surface area (Å²) in [6.07, 6.45) is 6.59. The Balaban J connectivity index is 1.93. The summed E-state index contributed by atoms with van der Waals surface area (Å²) in [5, 5.41) is 0. The van der Waals surface area contributed by atoms with Gasteiger partial charge in [-0.1, -0.05) is 24.2 Å². The van der Waals surface area contributed by atoms with Crippen molar-refractivity contribution in [3.8, 4) is 0 Å². The molecule has 0 radical (unpaired) electrons. The summed E-state index contributed by atoms with van der Waals surface area (Å²) in [6, 6.07) is 0.138. The molecule has 3 rings (SSSR count). The Kier molecular flexibility index (Phi) is 3.77. The highest BCUT2D eigenvalue weighted by Crippen LogP contribution is 2.38. The zero-order valence-electron chi connectivity index (χ0n) is 11.6. The van der Waals surface area contributed by atoms with Crippen LogP contribution in [0.25, 0.3) is 0 Å². The summed E-state index contributed by atoms with van der Waals surface area (Å²) >= 11 is 0.812. The first-order chi connectivity index (χ1) is 9.50. The van der Waals surface area contributed by atoms with E-state index in [0.29, 0.717) is 18.2 Å². The fraction of sp³-hybridized carbons (Fsp3) is 0.769. The fourth-order valence-corrected chi connectivity index (χ4v) is 6.79. The topological polar surface area (TPSA) is 70.2 Å². The minimum absolute atomic E-state index is 0.138. The highest BCUT2D eigenvalue weighted by molar-refractivity contribution is 7.91. The van der Waals surface area contributed by atoms with E-state index >= 15 is 0 Å². The normalized spacial score (nSPS) is 25.6. The number of sulfonamides is 1. The van der Waals surface area contributed by atoms with Crippen molar-refractivity contribution >= 4 is 21.4 Å². The molecule has 2 fully saturated rings. The molecule has 0 aromatic carbocycles. The summed E-state index contributed by atoms with van der Waals surface area (Å²) in [4.78, 5) is 13.7. The zero-order valence-corrected chi connectivity index (χ0v) is 13.2. The van der Waals surface area contributed by atoms with Gasteiger partial charge in [-0.3, -0.25) is 4.79 Å². The molecule has 1 unspecified atom stereocenters. The lowest BCUT2D eigenvalue weighted by Gasteiger charge is -2.28. The van der Waals surface area contributed by atoms with Crippen LogP contribution in [0.15, 0.2) is 9.00 Å². The predicted molar refractivity (Wildman–Crippen MR) is 78.5 cm³/mol. The highest BCUT2D eigenvalue weighted by atomic mass is 32.2. The van der Waals surface area contributed by atoms with Gasteiger partial charge in [-0.2, -0.15) is 4.31 Å². The Morgan fingerprint density at radius 1 is 1.20 bits per heavy atom. The van der Waals surface area contributed by atoms with Crippen molar-refractivity contribution < 1.29 is 8.42 Å². The molecule has 1 N–H and O–H groups in total. The molecule has 2 heterocycles. The number of aromatic nitrogens is 1. The third-order valence-corrected chi connectivity index (χ3v) is 8.02. The van der Waals surface area contributed by atoms with Gasteiger partial charge in [0.15, 0.2) is 4.21 Å². The number of aromatic amines is 1. The van der Waals surface area contributed by atoms with E-state index in [9.17, 15) is 13.2 Å². The number of hydrogen-bond donors (Lipinski definition) is 1. The molecule has 112 valence electrons. The summed E-state index contributed by atoms with van der Waals surface area (Å²) in [5.41, 5.74) is 0.470. The van der Waals surface area contributed by atoms with E-state index in [1.807, 2.05) is 0 Å². The molecule has 0 amide bonds. The molecule has 7 heteroatoms. The number of thiazole rings is 1. The monoisotopic (exact) mass is 316 g/mol. The third kappa shape index (κ3) is 2.35. The van der Waals surface area contributed by atoms with E-state index in [-0.39, 0.29) is 15.1 Å². The van der Waals surface area contributed by atoms with Crippen LogP contribution in [0.1, 0.15) is 44.2 Å². The van der Waals surface area contributed by atoms with Gasteiger partial charge in [-0.15, -0.1) is 0 Å². The largest absolute Gasteiger partial charge is 0.315 e. The Morgan fingerprint density at radius 2 is 1.90 bits per heavy atom. The Morgan fingerprint density at radius 3 is 2.50 bits per heavy atom. The maximum Gasteiger partial charge on any atom is 0.305 e. The van der Waals surface area contributed by atoms with Gasteiger partial charge in [0, 0.05) is 18.3 Å². The van der Waals surface area contributed by atoms with Crippen molar-refractivity contribution in [3.63, 3.8) is 0 Å². The predicted octanol–water partition coefficient (Wildman–Crippen LogP) is 2.09. The molecule has 20 heavy (non-hydrogen) atoms. The van der Waals surface area contributed by atoms with Gasteiger partial charge < -0.3 is 4.98 Å². The average Bonchev–Trinajstić information content (AvgIpc) is 3.06. The van der Waals surface area contributed by atoms with Crippen LogP contribution in [0.5, 0.6) is 0 Å². The van der Waals surface area contributed by atoms with E-state index in [1.165, 1.54) is 12.8 Å². The van der Waals surface area contributed by atoms with Crippen molar-refractivity contribution in [2.75, 3.05) is 6.54 Å². The van der Waals surface area contributed by atoms with Crippen molar-refractivity contribution in [2.24, 2.45) is 5.92 Å². The standard InChI is InChI=1S/C13H20N2O3S2/c1-9-12(19-13(16)14-9)20(17,18)15-8-4-7-11(15)10-5-2-3-6-10/h10-11H,2-8H2,1H3,(H,14,16). The van der Waals surface area contributed by atoms with E-state index in [4.69, 9.17) is 0 Å². The maximum atomic E-state index is 12.8. The second-order valence-electron chi connectivity index (χ2n) is 5.80. The van der Waals surface area contributed by atoms with Gasteiger partial charge in [0.2, 0.25) is 0 Å². The molecule has 5 nitrogen and oxygen atoms in total. The molecule has 1 atom stereocenters. The summed E-state index contributed by atoms with van der Waals surface area (Å²) in [6.45, 7) is 2.25. The lowest BCUT2D eigenvalue weighted by atomic mass is 9.97. The van der Waals surface area contributed by atoms with Gasteiger partial charge in [0.1, 0.15) is 0 Å². The first kappa shape index (κ1) is 14.3. The lowest BCUT2D eigenvalue weighted by Crippen LogP contribution is -2.39. The number of hydrogen-bond acceptors (Lipinski definition) is 4. The molecule has 1 aromatic rings. The number of H-pyrrole nitrogens is 1. The van der Waals surface area contributed by atoms with Gasteiger partial charge in [-0.25, -0.2) is 8.42 Å². The summed E-state index contributed by atoms with van der Waals surface area (Å²) in [5.74, 6) is 0.503. The smallest absolute Gasteiger partial charge is 0.305 e. The van der Waals surface area contributed by atoms with Crippen LogP contribution in [-0.2, 0) is 10.0 Å². The van der Waals surface area contributed by atoms with E-state index in [1.54, 1.807) is 11.2 Å². The van der Waals surface area contributed by atoms with E-state index in [2.05, 4.69) is 4.98 Å². The molecule has 1 aromatic heterocycles. The number of rotatable bonds is 3. The first-order valence-corrected chi connectivity index (χ1v) is 9.47. The van der Waals surface area contributed by atoms with Crippen LogP contribution in [0.4, 0.5) is 0 Å². The zero-order chi connectivity index (χ0) is 14.3. The second-order valence-corrected chi connectivity index (χ2v) is 8.87. The molecule has 1 saturated carbocycles. The molecule has 0 spiro atoms. The molecular weight excluding hydrogens is 296 g/mol. The molecular formula is C13H20N2O3S2. The Hall–Kier alpha value is -0.660. The second kappa shape index (κ2) is 5.27. The van der Waals surface area contributed by atoms with Crippen LogP contribution < -0.4 is 4.87 Å². The number of nitrogens with one attached hydrogen (secondary N) is 1. The molecule has 2 aliphatic rings. The van der Waals surface area contributed by atoms with Crippen LogP contribution in [0.2, 0.25) is 0 Å². The van der Waals surface area contributed by atoms with Crippen molar-refractivity contribution in [2.45, 2.75) is 55.7 Å². The fourth-order valence-electron chi connectivity index (χ4n) is 3.62. The number of nitrogens with zero attached hydrogens (tertiary/aromatic N) is 1. The minimum atomic E-state index is -3.51. The third-order valence-electron chi connectivity index (χ3n) is 4.52. The molecule has 1 aliphatic heterocycles. The SMILES string of the molecule is Cc1[nH]c(=O)sc1S(=O)(=O)N1CCCC1C1CCCC1. The molecule has 1 aliphatic carbocycles. The van der Waals surface area contributed by atoms with Crippen LogP contribution in [0, 0.1) is 12.8 Å². The van der Waals surface area contributed by atoms with E-state index < -0.39 is 10.0 Å². The van der Waals surface area contributed by atoms with Gasteiger partial charge in [0.05, 0.1) is 0 Å². The molecule has 1 saturated heterocycles. The minimum Gasteiger partial charge on any atom is -0.315 e. The van der Waals surface area contributed by atoms with Crippen LogP contribution in [-0.4, -0.2) is 30.3 Å². The van der Waals surface area contributed by atoms with E-state index in [0.717, 1.165) is 37.0 Å². The Bertz CT molecular complexity index is 641. The maximum absolute atomic E-state index is 12.8. The number of aryl methyl sites for hydroxylation is 1. The highest BCUT2D eigenvalue weighted by Gasteiger charge is 2.41. The van der Waals surface area contributed by atoms with Crippen LogP contribution >= 0.6 is 11.3 Å². The van der Waals surface area contributed by atoms with Crippen molar-refractivity contribution in [3.05, 3.63) is 15.4 Å². The van der Waals surface area contributed by atoms with Crippen LogP contribution in [0.3, 0.4) is 0 Å². The average molecular weight is 316 g/mol.